The van der Waals surface area contributed by atoms with Crippen molar-refractivity contribution in [3.8, 4) is 33.4 Å². The zero-order chi connectivity index (χ0) is 32.7. The van der Waals surface area contributed by atoms with Crippen LogP contribution >= 0.6 is 10.0 Å². The van der Waals surface area contributed by atoms with E-state index >= 15 is 0 Å². The van der Waals surface area contributed by atoms with Gasteiger partial charge in [-0.3, -0.25) is 0 Å². The lowest BCUT2D eigenvalue weighted by Crippen LogP contribution is -1.98. The monoisotopic (exact) mass is 644 g/mol. The molecule has 234 valence electrons. The van der Waals surface area contributed by atoms with E-state index in [9.17, 15) is 0 Å². The fourth-order valence-electron chi connectivity index (χ4n) is 8.71. The van der Waals surface area contributed by atoms with Gasteiger partial charge in [-0.15, -0.1) is 0 Å². The van der Waals surface area contributed by atoms with Crippen molar-refractivity contribution in [3.63, 3.8) is 0 Å². The summed E-state index contributed by atoms with van der Waals surface area (Å²) in [6.45, 7) is 0. The number of benzene rings is 8. The van der Waals surface area contributed by atoms with Crippen molar-refractivity contribution in [3.05, 3.63) is 168 Å². The summed E-state index contributed by atoms with van der Waals surface area (Å²) in [5, 5.41) is 10.4. The first-order valence-corrected chi connectivity index (χ1v) is 19.8. The minimum Gasteiger partial charge on any atom is -0.196 e. The molecule has 2 aliphatic rings. The Kier molecular flexibility index (Phi) is 6.32. The molecule has 0 aromatic heterocycles. The first-order chi connectivity index (χ1) is 24.1. The molecule has 49 heavy (non-hydrogen) atoms. The Morgan fingerprint density at radius 2 is 1.06 bits per heavy atom. The van der Waals surface area contributed by atoms with Crippen molar-refractivity contribution in [1.29, 1.82) is 0 Å². The maximum Gasteiger partial charge on any atom is 0.00191 e. The van der Waals surface area contributed by atoms with Crippen LogP contribution in [0.15, 0.2) is 168 Å². The van der Waals surface area contributed by atoms with Crippen LogP contribution in [0.25, 0.3) is 82.0 Å². The molecule has 10 rings (SSSR count). The van der Waals surface area contributed by atoms with Gasteiger partial charge in [-0.25, -0.2) is 0 Å². The molecule has 0 amide bonds. The summed E-state index contributed by atoms with van der Waals surface area (Å²) in [7, 11) is -1.11. The van der Waals surface area contributed by atoms with Gasteiger partial charge >= 0.3 is 0 Å². The van der Waals surface area contributed by atoms with Crippen LogP contribution in [-0.4, -0.2) is 12.5 Å². The Hall–Kier alpha value is -5.37. The molecule has 0 N–H and O–H groups in total. The zero-order valence-corrected chi connectivity index (χ0v) is 28.7. The summed E-state index contributed by atoms with van der Waals surface area (Å²) in [6, 6.07) is 54.7. The molecule has 0 atom stereocenters. The molecule has 0 unspecified atom stereocenters. The molecule has 1 aliphatic carbocycles. The van der Waals surface area contributed by atoms with E-state index in [1.54, 1.807) is 4.91 Å². The molecular weight excluding hydrogens is 609 g/mol. The van der Waals surface area contributed by atoms with Crippen LogP contribution in [0.2, 0.25) is 0 Å². The topological polar surface area (TPSA) is 0 Å². The molecular formula is C48H36S. The SMILES string of the molecule is CS1(C)C2=C(C=CCC2)c2cc3c(-c4ccccc4-c4ccc5ccccc5c4)c4ccccc4c(-c4cccc5ccccc45)c3cc21. The Balaban J connectivity index is 1.37. The van der Waals surface area contributed by atoms with Gasteiger partial charge in [-0.2, -0.15) is 10.0 Å². The van der Waals surface area contributed by atoms with E-state index < -0.39 is 10.0 Å². The minimum atomic E-state index is -1.11. The standard InChI is InChI=1S/C48H36S/c1-49(2)45-25-12-11-20-37(45)42-29-43-44(30-46(42)49)48(39-24-13-17-32-15-5-6-18-35(32)39)41-23-10-9-22-40(41)47(43)38-21-8-7-19-36(38)34-27-26-31-14-3-4-16-33(31)28-34/h3-11,13-24,26-30H,12,25H2,1-2H3. The van der Waals surface area contributed by atoms with Crippen molar-refractivity contribution in [2.45, 2.75) is 17.7 Å². The second-order valence-corrected chi connectivity index (χ2v) is 17.5. The smallest absolute Gasteiger partial charge is 0.00191 e. The zero-order valence-electron chi connectivity index (χ0n) is 27.8. The second kappa shape index (κ2) is 10.8. The molecule has 8 aromatic carbocycles. The average Bonchev–Trinajstić information content (AvgIpc) is 3.38. The molecule has 1 aliphatic heterocycles. The van der Waals surface area contributed by atoms with Gasteiger partial charge in [-0.1, -0.05) is 140 Å². The fourth-order valence-corrected chi connectivity index (χ4v) is 11.5. The summed E-state index contributed by atoms with van der Waals surface area (Å²) in [5.41, 5.74) is 10.7. The molecule has 0 saturated heterocycles. The molecule has 0 saturated carbocycles. The van der Waals surface area contributed by atoms with Crippen LogP contribution in [0, 0.1) is 0 Å². The van der Waals surface area contributed by atoms with Crippen molar-refractivity contribution in [1.82, 2.24) is 0 Å². The molecule has 1 heteroatoms. The van der Waals surface area contributed by atoms with Crippen molar-refractivity contribution in [2.75, 3.05) is 12.5 Å². The van der Waals surface area contributed by atoms with Gasteiger partial charge in [0.05, 0.1) is 0 Å². The summed E-state index contributed by atoms with van der Waals surface area (Å²) >= 11 is 0. The normalized spacial score (nSPS) is 15.6. The third-order valence-corrected chi connectivity index (χ3v) is 14.1. The number of allylic oxidation sites excluding steroid dienone is 4. The van der Waals surface area contributed by atoms with Gasteiger partial charge in [0.1, 0.15) is 0 Å². The summed E-state index contributed by atoms with van der Waals surface area (Å²) in [6.07, 6.45) is 12.1. The predicted octanol–water partition coefficient (Wildman–Crippen LogP) is 13.8. The van der Waals surface area contributed by atoms with Gasteiger partial charge in [-0.05, 0) is 136 Å². The van der Waals surface area contributed by atoms with Crippen LogP contribution in [-0.2, 0) is 0 Å². The van der Waals surface area contributed by atoms with E-state index in [1.165, 1.54) is 92.5 Å². The quantitative estimate of drug-likeness (QED) is 0.168. The summed E-state index contributed by atoms with van der Waals surface area (Å²) in [5.74, 6) is 0. The minimum absolute atomic E-state index is 1.11. The van der Waals surface area contributed by atoms with Gasteiger partial charge in [0.15, 0.2) is 0 Å². The van der Waals surface area contributed by atoms with Crippen LogP contribution < -0.4 is 0 Å². The lowest BCUT2D eigenvalue weighted by molar-refractivity contribution is 1.02. The maximum atomic E-state index is 2.61. The molecule has 0 nitrogen and oxygen atoms in total. The van der Waals surface area contributed by atoms with Crippen LogP contribution in [0.1, 0.15) is 18.4 Å². The number of fused-ring (bicyclic) bond motifs is 6. The van der Waals surface area contributed by atoms with Gasteiger partial charge < -0.3 is 0 Å². The van der Waals surface area contributed by atoms with Gasteiger partial charge in [0.2, 0.25) is 0 Å². The van der Waals surface area contributed by atoms with E-state index in [-0.39, 0.29) is 0 Å². The van der Waals surface area contributed by atoms with Crippen molar-refractivity contribution < 1.29 is 0 Å². The van der Waals surface area contributed by atoms with Gasteiger partial charge in [0, 0.05) is 4.90 Å². The molecule has 0 spiro atoms. The van der Waals surface area contributed by atoms with E-state index in [0.29, 0.717) is 0 Å². The molecule has 1 heterocycles. The number of hydrogen-bond donors (Lipinski definition) is 0. The molecule has 8 aromatic rings. The van der Waals surface area contributed by atoms with Crippen LogP contribution in [0.5, 0.6) is 0 Å². The average molecular weight is 645 g/mol. The molecule has 0 fully saturated rings. The van der Waals surface area contributed by atoms with Gasteiger partial charge in [0.25, 0.3) is 0 Å². The van der Waals surface area contributed by atoms with E-state index in [4.69, 9.17) is 0 Å². The van der Waals surface area contributed by atoms with E-state index in [1.807, 2.05) is 0 Å². The molecule has 0 radical (unpaired) electrons. The maximum absolute atomic E-state index is 2.61. The predicted molar refractivity (Wildman–Crippen MR) is 216 cm³/mol. The largest absolute Gasteiger partial charge is 0.196 e. The number of hydrogen-bond acceptors (Lipinski definition) is 0. The lowest BCUT2D eigenvalue weighted by atomic mass is 9.82. The highest BCUT2D eigenvalue weighted by molar-refractivity contribution is 8.36. The summed E-state index contributed by atoms with van der Waals surface area (Å²) in [4.78, 5) is 3.19. The highest BCUT2D eigenvalue weighted by Crippen LogP contribution is 2.68. The highest BCUT2D eigenvalue weighted by atomic mass is 32.3. The second-order valence-electron chi connectivity index (χ2n) is 13.9. The Morgan fingerprint density at radius 3 is 1.88 bits per heavy atom. The van der Waals surface area contributed by atoms with Crippen molar-refractivity contribution in [2.24, 2.45) is 0 Å². The van der Waals surface area contributed by atoms with E-state index in [2.05, 4.69) is 170 Å². The van der Waals surface area contributed by atoms with Crippen LogP contribution in [0.3, 0.4) is 0 Å². The molecule has 0 bridgehead atoms. The summed E-state index contributed by atoms with van der Waals surface area (Å²) < 4.78 is 0. The number of rotatable bonds is 3. The van der Waals surface area contributed by atoms with Crippen molar-refractivity contribution >= 4 is 58.7 Å². The first-order valence-electron chi connectivity index (χ1n) is 17.3. The van der Waals surface area contributed by atoms with Crippen LogP contribution in [0.4, 0.5) is 0 Å². The first kappa shape index (κ1) is 28.6. The lowest BCUT2D eigenvalue weighted by Gasteiger charge is -2.32. The highest BCUT2D eigenvalue weighted by Gasteiger charge is 2.35. The third-order valence-electron chi connectivity index (χ3n) is 11.0. The fraction of sp³-hybridized carbons (Fsp3) is 0.0833. The Bertz CT molecular complexity index is 2730. The Morgan fingerprint density at radius 1 is 0.449 bits per heavy atom. The Labute approximate surface area is 289 Å². The van der Waals surface area contributed by atoms with E-state index in [0.717, 1.165) is 12.8 Å². The third kappa shape index (κ3) is 4.25.